The van der Waals surface area contributed by atoms with Crippen LogP contribution in [-0.4, -0.2) is 38.2 Å². The van der Waals surface area contributed by atoms with E-state index in [1.165, 1.54) is 18.2 Å². The normalized spacial score (nSPS) is 9.89. The molecule has 0 saturated heterocycles. The average molecular weight is 566 g/mol. The van der Waals surface area contributed by atoms with Gasteiger partial charge < -0.3 is 0 Å². The Morgan fingerprint density at radius 2 is 1.36 bits per heavy atom. The van der Waals surface area contributed by atoms with Gasteiger partial charge in [-0.1, -0.05) is 31.9 Å². The first-order valence-electron chi connectivity index (χ1n) is 6.42. The minimum Gasteiger partial charge on any atom is -0.298 e. The standard InChI is InChI=1S/C7H3BrF2O.C7H5BrO4S.O3S/c8-4-1-6(9)5(3-11)7(10)2-4;8-6-2-1-5(4-9)7(3-6)13(10,11)12;1-4(2)3/h1-3H;1-4H,(H,10,11,12);. The van der Waals surface area contributed by atoms with Gasteiger partial charge in [-0.15, -0.1) is 12.6 Å². The van der Waals surface area contributed by atoms with Crippen LogP contribution < -0.4 is 0 Å². The fraction of sp³-hybridized carbons (Fsp3) is 0. The van der Waals surface area contributed by atoms with E-state index in [9.17, 15) is 26.8 Å². The maximum Gasteiger partial charge on any atom is 0.425 e. The number of aldehydes is 2. The van der Waals surface area contributed by atoms with Gasteiger partial charge in [0.1, 0.15) is 16.5 Å². The van der Waals surface area contributed by atoms with Crippen LogP contribution in [-0.2, 0) is 20.7 Å². The van der Waals surface area contributed by atoms with Crippen molar-refractivity contribution in [2.24, 2.45) is 0 Å². The Hall–Kier alpha value is -1.87. The topological polar surface area (TPSA) is 140 Å². The van der Waals surface area contributed by atoms with Crippen molar-refractivity contribution in [2.45, 2.75) is 4.90 Å². The fourth-order valence-electron chi connectivity index (χ4n) is 1.49. The molecule has 0 heterocycles. The van der Waals surface area contributed by atoms with E-state index in [0.717, 1.165) is 12.1 Å². The van der Waals surface area contributed by atoms with Crippen LogP contribution in [0.1, 0.15) is 20.7 Å². The summed E-state index contributed by atoms with van der Waals surface area (Å²) < 4.78 is 81.5. The first-order valence-corrected chi connectivity index (χ1v) is 10.4. The molecule has 0 atom stereocenters. The molecule has 0 unspecified atom stereocenters. The molecule has 2 aromatic rings. The minimum atomic E-state index is -4.33. The van der Waals surface area contributed by atoms with Gasteiger partial charge in [0.25, 0.3) is 10.1 Å². The molecule has 2 rings (SSSR count). The number of benzene rings is 2. The van der Waals surface area contributed by atoms with Gasteiger partial charge in [-0.2, -0.15) is 8.42 Å². The van der Waals surface area contributed by atoms with Crippen molar-refractivity contribution >= 4 is 65.2 Å². The molecule has 14 heteroatoms. The Bertz CT molecular complexity index is 1060. The predicted molar refractivity (Wildman–Crippen MR) is 98.5 cm³/mol. The first kappa shape index (κ1) is 26.1. The largest absolute Gasteiger partial charge is 0.425 e. The van der Waals surface area contributed by atoms with E-state index in [1.807, 2.05) is 0 Å². The highest BCUT2D eigenvalue weighted by atomic mass is 79.9. The summed E-state index contributed by atoms with van der Waals surface area (Å²) in [5.41, 5.74) is -0.598. The molecular formula is C14H8Br2F2O8S2. The molecule has 0 fully saturated rings. The summed E-state index contributed by atoms with van der Waals surface area (Å²) in [6.07, 6.45) is 0.520. The lowest BCUT2D eigenvalue weighted by molar-refractivity contribution is 0.111. The molecule has 2 aromatic carbocycles. The minimum absolute atomic E-state index is 0.0642. The van der Waals surface area contributed by atoms with Gasteiger partial charge >= 0.3 is 10.6 Å². The van der Waals surface area contributed by atoms with E-state index in [1.54, 1.807) is 0 Å². The third-order valence-corrected chi connectivity index (χ3v) is 4.40. The number of hydrogen-bond donors (Lipinski definition) is 1. The summed E-state index contributed by atoms with van der Waals surface area (Å²) in [7, 11) is -7.44. The van der Waals surface area contributed by atoms with Crippen LogP contribution in [0.25, 0.3) is 0 Å². The molecule has 0 aliphatic heterocycles. The van der Waals surface area contributed by atoms with Crippen molar-refractivity contribution in [2.75, 3.05) is 0 Å². The highest BCUT2D eigenvalue weighted by molar-refractivity contribution is 9.10. The second-order valence-electron chi connectivity index (χ2n) is 4.38. The summed E-state index contributed by atoms with van der Waals surface area (Å²) in [6.45, 7) is 0. The zero-order chi connectivity index (χ0) is 22.1. The molecule has 0 aromatic heterocycles. The third-order valence-electron chi connectivity index (χ3n) is 2.54. The lowest BCUT2D eigenvalue weighted by Crippen LogP contribution is -2.02. The van der Waals surface area contributed by atoms with Crippen LogP contribution in [0.4, 0.5) is 8.78 Å². The number of rotatable bonds is 3. The van der Waals surface area contributed by atoms with Gasteiger partial charge in [0.15, 0.2) is 12.6 Å². The van der Waals surface area contributed by atoms with E-state index >= 15 is 0 Å². The molecule has 0 radical (unpaired) electrons. The summed E-state index contributed by atoms with van der Waals surface area (Å²) in [5, 5.41) is 0. The second-order valence-corrected chi connectivity index (χ2v) is 8.01. The summed E-state index contributed by atoms with van der Waals surface area (Å²) in [6, 6.07) is 6.05. The van der Waals surface area contributed by atoms with E-state index in [0.29, 0.717) is 10.8 Å². The Balaban J connectivity index is 0.000000442. The molecular weight excluding hydrogens is 558 g/mol. The Morgan fingerprint density at radius 3 is 1.71 bits per heavy atom. The van der Waals surface area contributed by atoms with E-state index < -0.39 is 42.8 Å². The molecule has 1 N–H and O–H groups in total. The lowest BCUT2D eigenvalue weighted by Gasteiger charge is -2.00. The quantitative estimate of drug-likeness (QED) is 0.442. The molecule has 0 bridgehead atoms. The molecule has 0 amide bonds. The SMILES string of the molecule is O=Cc1c(F)cc(Br)cc1F.O=Cc1ccc(Br)cc1S(=O)(=O)O.O=S(=O)=O. The summed E-state index contributed by atoms with van der Waals surface area (Å²) in [5.74, 6) is -1.71. The van der Waals surface area contributed by atoms with E-state index in [2.05, 4.69) is 31.9 Å². The fourth-order valence-corrected chi connectivity index (χ4v) is 3.10. The first-order chi connectivity index (χ1) is 12.8. The smallest absolute Gasteiger partial charge is 0.298 e. The highest BCUT2D eigenvalue weighted by Gasteiger charge is 2.15. The van der Waals surface area contributed by atoms with Gasteiger partial charge in [0.2, 0.25) is 0 Å². The Kier molecular flexibility index (Phi) is 11.1. The van der Waals surface area contributed by atoms with Crippen LogP contribution in [0.15, 0.2) is 44.2 Å². The highest BCUT2D eigenvalue weighted by Crippen LogP contribution is 2.19. The summed E-state index contributed by atoms with van der Waals surface area (Å²) >= 11 is 5.91. The van der Waals surface area contributed by atoms with Gasteiger partial charge in [0.05, 0.1) is 5.56 Å². The zero-order valence-corrected chi connectivity index (χ0v) is 18.0. The zero-order valence-electron chi connectivity index (χ0n) is 13.2. The van der Waals surface area contributed by atoms with Crippen molar-refractivity contribution in [1.29, 1.82) is 0 Å². The third kappa shape index (κ3) is 9.36. The van der Waals surface area contributed by atoms with Crippen molar-refractivity contribution in [1.82, 2.24) is 0 Å². The van der Waals surface area contributed by atoms with Gasteiger partial charge in [-0.05, 0) is 30.3 Å². The molecule has 0 saturated carbocycles. The van der Waals surface area contributed by atoms with Gasteiger partial charge in [-0.25, -0.2) is 8.78 Å². The second kappa shape index (κ2) is 11.9. The molecule has 0 aliphatic carbocycles. The monoisotopic (exact) mass is 564 g/mol. The van der Waals surface area contributed by atoms with E-state index in [-0.39, 0.29) is 16.3 Å². The molecule has 0 aliphatic rings. The van der Waals surface area contributed by atoms with Crippen molar-refractivity contribution in [3.63, 3.8) is 0 Å². The van der Waals surface area contributed by atoms with Crippen LogP contribution in [0, 0.1) is 11.6 Å². The van der Waals surface area contributed by atoms with Gasteiger partial charge in [0, 0.05) is 14.5 Å². The van der Waals surface area contributed by atoms with Crippen molar-refractivity contribution in [3.05, 3.63) is 62.0 Å². The molecule has 152 valence electrons. The maximum absolute atomic E-state index is 12.6. The van der Waals surface area contributed by atoms with Crippen molar-refractivity contribution in [3.8, 4) is 0 Å². The average Bonchev–Trinajstić information content (AvgIpc) is 2.53. The number of carbonyl (C=O) groups excluding carboxylic acids is 2. The summed E-state index contributed by atoms with van der Waals surface area (Å²) in [4.78, 5) is 20.1. The molecule has 8 nitrogen and oxygen atoms in total. The van der Waals surface area contributed by atoms with Crippen LogP contribution in [0.2, 0.25) is 0 Å². The Labute approximate surface area is 175 Å². The maximum atomic E-state index is 12.6. The Morgan fingerprint density at radius 1 is 0.893 bits per heavy atom. The predicted octanol–water partition coefficient (Wildman–Crippen LogP) is 3.04. The lowest BCUT2D eigenvalue weighted by atomic mass is 10.2. The van der Waals surface area contributed by atoms with Crippen LogP contribution in [0.3, 0.4) is 0 Å². The van der Waals surface area contributed by atoms with Crippen molar-refractivity contribution < 1.29 is 44.0 Å². The number of hydrogen-bond acceptors (Lipinski definition) is 7. The van der Waals surface area contributed by atoms with Crippen LogP contribution >= 0.6 is 31.9 Å². The van der Waals surface area contributed by atoms with Crippen LogP contribution in [0.5, 0.6) is 0 Å². The van der Waals surface area contributed by atoms with E-state index in [4.69, 9.17) is 17.2 Å². The molecule has 28 heavy (non-hydrogen) atoms. The number of halogens is 4. The number of carbonyl (C=O) groups is 2. The molecule has 0 spiro atoms. The van der Waals surface area contributed by atoms with Gasteiger partial charge in [-0.3, -0.25) is 14.1 Å².